The summed E-state index contributed by atoms with van der Waals surface area (Å²) in [6, 6.07) is 20.0. The molecule has 1 amide bonds. The molecular formula is C21H19N5OS2. The minimum atomic E-state index is -0.114. The summed E-state index contributed by atoms with van der Waals surface area (Å²) < 4.78 is 1.93. The van der Waals surface area contributed by atoms with Crippen molar-refractivity contribution in [3.63, 3.8) is 0 Å². The molecule has 0 fully saturated rings. The zero-order valence-electron chi connectivity index (χ0n) is 15.8. The summed E-state index contributed by atoms with van der Waals surface area (Å²) in [5.41, 5.74) is 3.07. The first kappa shape index (κ1) is 19.4. The number of carbonyl (C=O) groups is 1. The fourth-order valence-electron chi connectivity index (χ4n) is 2.76. The standard InChI is InChI=1S/C21H19N5OS2/c1-26-18(12-15-8-4-2-5-9-15)24-25-21(26)29-14-19(27)23-20-22-17(13-28-20)16-10-6-3-7-11-16/h2-11,13H,12,14H2,1H3,(H,22,23,27). The quantitative estimate of drug-likeness (QED) is 0.452. The van der Waals surface area contributed by atoms with Gasteiger partial charge in [-0.2, -0.15) is 0 Å². The van der Waals surface area contributed by atoms with E-state index in [0.29, 0.717) is 11.6 Å². The smallest absolute Gasteiger partial charge is 0.236 e. The summed E-state index contributed by atoms with van der Waals surface area (Å²) in [5.74, 6) is 1.00. The third kappa shape index (κ3) is 4.90. The monoisotopic (exact) mass is 421 g/mol. The Balaban J connectivity index is 1.33. The van der Waals surface area contributed by atoms with Crippen LogP contribution in [0.2, 0.25) is 0 Å². The number of nitrogens with one attached hydrogen (secondary N) is 1. The van der Waals surface area contributed by atoms with Crippen LogP contribution in [0.15, 0.2) is 71.2 Å². The predicted octanol–water partition coefficient (Wildman–Crippen LogP) is 4.26. The highest BCUT2D eigenvalue weighted by atomic mass is 32.2. The van der Waals surface area contributed by atoms with Crippen molar-refractivity contribution in [3.8, 4) is 11.3 Å². The van der Waals surface area contributed by atoms with Crippen molar-refractivity contribution in [2.24, 2.45) is 7.05 Å². The number of benzene rings is 2. The molecule has 0 aliphatic carbocycles. The van der Waals surface area contributed by atoms with Crippen LogP contribution in [0, 0.1) is 0 Å². The second kappa shape index (κ2) is 9.02. The van der Waals surface area contributed by atoms with Gasteiger partial charge in [0.2, 0.25) is 5.91 Å². The molecule has 0 spiro atoms. The molecule has 2 aromatic heterocycles. The summed E-state index contributed by atoms with van der Waals surface area (Å²) in [4.78, 5) is 16.8. The van der Waals surface area contributed by atoms with Gasteiger partial charge < -0.3 is 9.88 Å². The topological polar surface area (TPSA) is 72.7 Å². The molecule has 0 atom stereocenters. The molecule has 2 aromatic carbocycles. The van der Waals surface area contributed by atoms with E-state index in [0.717, 1.165) is 22.2 Å². The van der Waals surface area contributed by atoms with E-state index < -0.39 is 0 Å². The molecule has 0 radical (unpaired) electrons. The second-order valence-electron chi connectivity index (χ2n) is 6.36. The molecule has 0 aliphatic rings. The molecule has 6 nitrogen and oxygen atoms in total. The predicted molar refractivity (Wildman–Crippen MR) is 117 cm³/mol. The first-order valence-corrected chi connectivity index (χ1v) is 10.9. The third-order valence-electron chi connectivity index (χ3n) is 4.28. The lowest BCUT2D eigenvalue weighted by Crippen LogP contribution is -2.14. The Bertz CT molecular complexity index is 1090. The van der Waals surface area contributed by atoms with Gasteiger partial charge >= 0.3 is 0 Å². The molecule has 4 aromatic rings. The Kier molecular flexibility index (Phi) is 6.02. The summed E-state index contributed by atoms with van der Waals surface area (Å²) in [5, 5.41) is 14.6. The zero-order valence-corrected chi connectivity index (χ0v) is 17.4. The number of carbonyl (C=O) groups excluding carboxylic acids is 1. The highest BCUT2D eigenvalue weighted by Gasteiger charge is 2.13. The Hall–Kier alpha value is -2.97. The average molecular weight is 422 g/mol. The number of hydrogen-bond acceptors (Lipinski definition) is 6. The van der Waals surface area contributed by atoms with E-state index in [1.807, 2.05) is 65.5 Å². The lowest BCUT2D eigenvalue weighted by Gasteiger charge is -2.04. The van der Waals surface area contributed by atoms with Gasteiger partial charge in [-0.3, -0.25) is 4.79 Å². The maximum atomic E-state index is 12.3. The van der Waals surface area contributed by atoms with E-state index in [9.17, 15) is 4.79 Å². The van der Waals surface area contributed by atoms with Gasteiger partial charge in [0.05, 0.1) is 11.4 Å². The molecule has 0 saturated heterocycles. The van der Waals surface area contributed by atoms with Gasteiger partial charge in [-0.25, -0.2) is 4.98 Å². The summed E-state index contributed by atoms with van der Waals surface area (Å²) in [7, 11) is 1.92. The van der Waals surface area contributed by atoms with E-state index in [2.05, 4.69) is 32.6 Å². The van der Waals surface area contributed by atoms with Crippen LogP contribution in [0.1, 0.15) is 11.4 Å². The van der Waals surface area contributed by atoms with Crippen molar-refractivity contribution in [2.45, 2.75) is 11.6 Å². The van der Waals surface area contributed by atoms with Crippen LogP contribution in [0.5, 0.6) is 0 Å². The number of anilines is 1. The van der Waals surface area contributed by atoms with E-state index >= 15 is 0 Å². The molecule has 0 bridgehead atoms. The lowest BCUT2D eigenvalue weighted by molar-refractivity contribution is -0.113. The van der Waals surface area contributed by atoms with Crippen molar-refractivity contribution < 1.29 is 4.79 Å². The van der Waals surface area contributed by atoms with E-state index in [1.54, 1.807) is 0 Å². The minimum absolute atomic E-state index is 0.114. The van der Waals surface area contributed by atoms with Crippen LogP contribution in [0.4, 0.5) is 5.13 Å². The molecule has 29 heavy (non-hydrogen) atoms. The first-order valence-electron chi connectivity index (χ1n) is 9.05. The molecule has 2 heterocycles. The minimum Gasteiger partial charge on any atom is -0.309 e. The van der Waals surface area contributed by atoms with Crippen molar-refractivity contribution >= 4 is 34.1 Å². The molecule has 1 N–H and O–H groups in total. The molecule has 146 valence electrons. The molecule has 0 aliphatic heterocycles. The van der Waals surface area contributed by atoms with Gasteiger partial charge in [-0.05, 0) is 5.56 Å². The normalized spacial score (nSPS) is 10.8. The molecule has 4 rings (SSSR count). The van der Waals surface area contributed by atoms with Crippen molar-refractivity contribution in [1.82, 2.24) is 19.7 Å². The van der Waals surface area contributed by atoms with Gasteiger partial charge in [0.25, 0.3) is 0 Å². The number of amides is 1. The van der Waals surface area contributed by atoms with Crippen LogP contribution >= 0.6 is 23.1 Å². The number of thioether (sulfide) groups is 1. The maximum Gasteiger partial charge on any atom is 0.236 e. The molecule has 0 saturated carbocycles. The Labute approximate surface area is 177 Å². The zero-order chi connectivity index (χ0) is 20.1. The highest BCUT2D eigenvalue weighted by Crippen LogP contribution is 2.25. The number of aromatic nitrogens is 4. The van der Waals surface area contributed by atoms with Gasteiger partial charge in [0.1, 0.15) is 5.82 Å². The molecule has 8 heteroatoms. The number of thiazole rings is 1. The number of rotatable bonds is 7. The van der Waals surface area contributed by atoms with Gasteiger partial charge in [-0.1, -0.05) is 72.4 Å². The summed E-state index contributed by atoms with van der Waals surface area (Å²) in [6.45, 7) is 0. The van der Waals surface area contributed by atoms with Crippen molar-refractivity contribution in [3.05, 3.63) is 77.4 Å². The Morgan fingerprint density at radius 2 is 1.79 bits per heavy atom. The summed E-state index contributed by atoms with van der Waals surface area (Å²) >= 11 is 2.78. The second-order valence-corrected chi connectivity index (χ2v) is 8.16. The molecular weight excluding hydrogens is 402 g/mol. The van der Waals surface area contributed by atoms with Gasteiger partial charge in [0, 0.05) is 24.4 Å². The number of nitrogens with zero attached hydrogens (tertiary/aromatic N) is 4. The third-order valence-corrected chi connectivity index (χ3v) is 6.06. The Morgan fingerprint density at radius 1 is 1.07 bits per heavy atom. The summed E-state index contributed by atoms with van der Waals surface area (Å²) in [6.07, 6.45) is 0.707. The van der Waals surface area contributed by atoms with Crippen LogP contribution in [-0.4, -0.2) is 31.4 Å². The van der Waals surface area contributed by atoms with Crippen LogP contribution in [-0.2, 0) is 18.3 Å². The van der Waals surface area contributed by atoms with Crippen LogP contribution in [0.25, 0.3) is 11.3 Å². The first-order chi connectivity index (χ1) is 14.2. The van der Waals surface area contributed by atoms with Crippen molar-refractivity contribution in [2.75, 3.05) is 11.1 Å². The lowest BCUT2D eigenvalue weighted by atomic mass is 10.1. The number of hydrogen-bond donors (Lipinski definition) is 1. The Morgan fingerprint density at radius 3 is 2.55 bits per heavy atom. The van der Waals surface area contributed by atoms with Gasteiger partial charge in [-0.15, -0.1) is 21.5 Å². The molecule has 0 unspecified atom stereocenters. The largest absolute Gasteiger partial charge is 0.309 e. The van der Waals surface area contributed by atoms with Gasteiger partial charge in [0.15, 0.2) is 10.3 Å². The fourth-order valence-corrected chi connectivity index (χ4v) is 4.23. The average Bonchev–Trinajstić information content (AvgIpc) is 3.35. The van der Waals surface area contributed by atoms with E-state index in [-0.39, 0.29) is 11.7 Å². The van der Waals surface area contributed by atoms with Crippen LogP contribution < -0.4 is 5.32 Å². The fraction of sp³-hybridized carbons (Fsp3) is 0.143. The van der Waals surface area contributed by atoms with Crippen molar-refractivity contribution in [1.29, 1.82) is 0 Å². The van der Waals surface area contributed by atoms with E-state index in [4.69, 9.17) is 0 Å². The van der Waals surface area contributed by atoms with Crippen LogP contribution in [0.3, 0.4) is 0 Å². The maximum absolute atomic E-state index is 12.3. The van der Waals surface area contributed by atoms with E-state index in [1.165, 1.54) is 28.7 Å². The SMILES string of the molecule is Cn1c(Cc2ccccc2)nnc1SCC(=O)Nc1nc(-c2ccccc2)cs1. The highest BCUT2D eigenvalue weighted by molar-refractivity contribution is 7.99.